The van der Waals surface area contributed by atoms with Crippen LogP contribution in [0.3, 0.4) is 0 Å². The van der Waals surface area contributed by atoms with Gasteiger partial charge in [0.15, 0.2) is 0 Å². The van der Waals surface area contributed by atoms with Crippen molar-refractivity contribution in [3.63, 3.8) is 0 Å². The molecule has 0 saturated carbocycles. The number of ether oxygens (including phenoxy) is 1. The van der Waals surface area contributed by atoms with E-state index in [2.05, 4.69) is 17.1 Å². The molecule has 0 N–H and O–H groups in total. The molecule has 0 unspecified atom stereocenters. The Morgan fingerprint density at radius 1 is 1.24 bits per heavy atom. The van der Waals surface area contributed by atoms with Gasteiger partial charge in [-0.2, -0.15) is 0 Å². The fourth-order valence-electron chi connectivity index (χ4n) is 2.81. The minimum absolute atomic E-state index is 0.114. The average Bonchev–Trinajstić information content (AvgIpc) is 3.02. The Kier molecular flexibility index (Phi) is 5.34. The van der Waals surface area contributed by atoms with Crippen molar-refractivity contribution in [3.8, 4) is 5.75 Å². The maximum Gasteiger partial charge on any atom is 0.223 e. The van der Waals surface area contributed by atoms with E-state index in [1.807, 2.05) is 44.3 Å². The highest BCUT2D eigenvalue weighted by Gasteiger charge is 2.13. The van der Waals surface area contributed by atoms with Gasteiger partial charge in [-0.15, -0.1) is 11.3 Å². The fourth-order valence-corrected chi connectivity index (χ4v) is 3.77. The topological polar surface area (TPSA) is 42.4 Å². The van der Waals surface area contributed by atoms with Gasteiger partial charge in [0.1, 0.15) is 5.75 Å². The van der Waals surface area contributed by atoms with Crippen LogP contribution in [0.15, 0.2) is 42.5 Å². The van der Waals surface area contributed by atoms with Crippen LogP contribution < -0.4 is 4.74 Å². The lowest BCUT2D eigenvalue weighted by Gasteiger charge is -2.19. The van der Waals surface area contributed by atoms with E-state index in [0.29, 0.717) is 19.4 Å². The Bertz CT molecular complexity index is 855. The third-order valence-corrected chi connectivity index (χ3v) is 5.26. The lowest BCUT2D eigenvalue weighted by Crippen LogP contribution is -2.26. The lowest BCUT2D eigenvalue weighted by molar-refractivity contribution is -0.130. The molecule has 0 aliphatic heterocycles. The first-order valence-corrected chi connectivity index (χ1v) is 9.10. The van der Waals surface area contributed by atoms with Crippen molar-refractivity contribution in [3.05, 3.63) is 58.6 Å². The summed E-state index contributed by atoms with van der Waals surface area (Å²) in [7, 11) is 3.49. The summed E-state index contributed by atoms with van der Waals surface area (Å²) in [5, 5.41) is 1.01. The van der Waals surface area contributed by atoms with Gasteiger partial charge in [0, 0.05) is 32.0 Å². The van der Waals surface area contributed by atoms with Crippen molar-refractivity contribution in [2.24, 2.45) is 0 Å². The lowest BCUT2D eigenvalue weighted by atomic mass is 10.1. The predicted octanol–water partition coefficient (Wildman–Crippen LogP) is 4.20. The Labute approximate surface area is 152 Å². The van der Waals surface area contributed by atoms with Crippen LogP contribution in [0.2, 0.25) is 0 Å². The third-order valence-electron chi connectivity index (χ3n) is 4.16. The van der Waals surface area contributed by atoms with Crippen molar-refractivity contribution in [1.29, 1.82) is 0 Å². The van der Waals surface area contributed by atoms with E-state index in [1.54, 1.807) is 23.3 Å². The number of thiazole rings is 1. The minimum atomic E-state index is 0.114. The van der Waals surface area contributed by atoms with Crippen LogP contribution in [-0.2, 0) is 17.8 Å². The van der Waals surface area contributed by atoms with Gasteiger partial charge in [-0.05, 0) is 25.1 Å². The summed E-state index contributed by atoms with van der Waals surface area (Å²) >= 11 is 1.66. The van der Waals surface area contributed by atoms with E-state index in [9.17, 15) is 4.79 Å². The van der Waals surface area contributed by atoms with Crippen molar-refractivity contribution in [1.82, 2.24) is 9.88 Å². The maximum absolute atomic E-state index is 12.5. The number of carbonyl (C=O) groups is 1. The van der Waals surface area contributed by atoms with Crippen molar-refractivity contribution in [2.75, 3.05) is 14.2 Å². The van der Waals surface area contributed by atoms with Crippen molar-refractivity contribution >= 4 is 27.5 Å². The summed E-state index contributed by atoms with van der Waals surface area (Å²) in [5.74, 6) is 0.930. The van der Waals surface area contributed by atoms with Crippen LogP contribution in [0.1, 0.15) is 22.6 Å². The molecule has 5 heteroatoms. The number of rotatable bonds is 6. The third kappa shape index (κ3) is 4.17. The molecule has 0 saturated heterocycles. The van der Waals surface area contributed by atoms with Crippen LogP contribution >= 0.6 is 11.3 Å². The Morgan fingerprint density at radius 2 is 2.04 bits per heavy atom. The number of aromatic nitrogens is 1. The van der Waals surface area contributed by atoms with Crippen LogP contribution in [-0.4, -0.2) is 29.9 Å². The first kappa shape index (κ1) is 17.4. The highest BCUT2D eigenvalue weighted by atomic mass is 32.1. The summed E-state index contributed by atoms with van der Waals surface area (Å²) < 4.78 is 6.57. The van der Waals surface area contributed by atoms with Crippen LogP contribution in [0.4, 0.5) is 0 Å². The Morgan fingerprint density at radius 3 is 2.80 bits per heavy atom. The summed E-state index contributed by atoms with van der Waals surface area (Å²) in [6.07, 6.45) is 1.14. The molecule has 3 aromatic rings. The SMILES string of the molecule is COc1ccc(C)cc1CN(C)C(=O)CCc1nc2ccccc2s1. The number of hydrogen-bond acceptors (Lipinski definition) is 4. The fraction of sp³-hybridized carbons (Fsp3) is 0.300. The van der Waals surface area contributed by atoms with Gasteiger partial charge in [0.05, 0.1) is 22.3 Å². The molecule has 25 heavy (non-hydrogen) atoms. The monoisotopic (exact) mass is 354 g/mol. The number of methoxy groups -OCH3 is 1. The highest BCUT2D eigenvalue weighted by Crippen LogP contribution is 2.23. The number of hydrogen-bond donors (Lipinski definition) is 0. The summed E-state index contributed by atoms with van der Waals surface area (Å²) in [6, 6.07) is 14.1. The van der Waals surface area contributed by atoms with Gasteiger partial charge in [-0.3, -0.25) is 4.79 Å². The molecule has 2 aromatic carbocycles. The van der Waals surface area contributed by atoms with Gasteiger partial charge in [0.25, 0.3) is 0 Å². The van der Waals surface area contributed by atoms with Crippen LogP contribution in [0.25, 0.3) is 10.2 Å². The first-order valence-electron chi connectivity index (χ1n) is 8.29. The Hall–Kier alpha value is -2.40. The number of amides is 1. The van der Waals surface area contributed by atoms with Gasteiger partial charge >= 0.3 is 0 Å². The van der Waals surface area contributed by atoms with Gasteiger partial charge < -0.3 is 9.64 Å². The summed E-state index contributed by atoms with van der Waals surface area (Å²) in [5.41, 5.74) is 3.19. The normalized spacial score (nSPS) is 10.8. The molecule has 0 spiro atoms. The van der Waals surface area contributed by atoms with E-state index < -0.39 is 0 Å². The zero-order valence-corrected chi connectivity index (χ0v) is 15.6. The number of carbonyl (C=O) groups excluding carboxylic acids is 1. The number of fused-ring (bicyclic) bond motifs is 1. The molecule has 0 atom stereocenters. The molecule has 0 radical (unpaired) electrons. The van der Waals surface area contributed by atoms with E-state index in [0.717, 1.165) is 27.4 Å². The number of para-hydroxylation sites is 1. The second-order valence-electron chi connectivity index (χ2n) is 6.14. The second-order valence-corrected chi connectivity index (χ2v) is 7.26. The molecule has 1 amide bonds. The van der Waals surface area contributed by atoms with Crippen molar-refractivity contribution in [2.45, 2.75) is 26.3 Å². The van der Waals surface area contributed by atoms with Crippen LogP contribution in [0, 0.1) is 6.92 Å². The van der Waals surface area contributed by atoms with E-state index in [-0.39, 0.29) is 5.91 Å². The molecular formula is C20H22N2O2S. The van der Waals surface area contributed by atoms with Gasteiger partial charge in [-0.25, -0.2) is 4.98 Å². The van der Waals surface area contributed by atoms with Crippen molar-refractivity contribution < 1.29 is 9.53 Å². The molecule has 0 fully saturated rings. The summed E-state index contributed by atoms with van der Waals surface area (Å²) in [4.78, 5) is 18.8. The molecule has 130 valence electrons. The quantitative estimate of drug-likeness (QED) is 0.666. The molecule has 3 rings (SSSR count). The molecule has 4 nitrogen and oxygen atoms in total. The van der Waals surface area contributed by atoms with Gasteiger partial charge in [-0.1, -0.05) is 29.8 Å². The van der Waals surface area contributed by atoms with Gasteiger partial charge in [0.2, 0.25) is 5.91 Å². The predicted molar refractivity (Wildman–Crippen MR) is 102 cm³/mol. The number of nitrogens with zero attached hydrogens (tertiary/aromatic N) is 2. The second kappa shape index (κ2) is 7.66. The zero-order chi connectivity index (χ0) is 17.8. The standard InChI is InChI=1S/C20H22N2O2S/c1-14-8-9-17(24-3)15(12-14)13-22(2)20(23)11-10-19-21-16-6-4-5-7-18(16)25-19/h4-9,12H,10-11,13H2,1-3H3. The maximum atomic E-state index is 12.5. The highest BCUT2D eigenvalue weighted by molar-refractivity contribution is 7.18. The van der Waals surface area contributed by atoms with E-state index in [4.69, 9.17) is 4.74 Å². The molecule has 1 heterocycles. The number of benzene rings is 2. The smallest absolute Gasteiger partial charge is 0.223 e. The molecular weight excluding hydrogens is 332 g/mol. The molecule has 0 aliphatic rings. The van der Waals surface area contributed by atoms with E-state index >= 15 is 0 Å². The van der Waals surface area contributed by atoms with Crippen LogP contribution in [0.5, 0.6) is 5.75 Å². The molecule has 1 aromatic heterocycles. The Balaban J connectivity index is 1.62. The largest absolute Gasteiger partial charge is 0.496 e. The van der Waals surface area contributed by atoms with E-state index in [1.165, 1.54) is 4.70 Å². The molecule has 0 aliphatic carbocycles. The zero-order valence-electron chi connectivity index (χ0n) is 14.8. The average molecular weight is 354 g/mol. The minimum Gasteiger partial charge on any atom is -0.496 e. The number of aryl methyl sites for hydroxylation is 2. The summed E-state index contributed by atoms with van der Waals surface area (Å²) in [6.45, 7) is 2.58. The molecule has 0 bridgehead atoms. The first-order chi connectivity index (χ1) is 12.1.